The smallest absolute Gasteiger partial charge is 0.253 e. The van der Waals surface area contributed by atoms with Crippen molar-refractivity contribution in [2.75, 3.05) is 25.0 Å². The third-order valence-corrected chi connectivity index (χ3v) is 6.00. The Balaban J connectivity index is 1.31. The molecule has 5 rings (SSSR count). The summed E-state index contributed by atoms with van der Waals surface area (Å²) in [6.07, 6.45) is 5.75. The summed E-state index contributed by atoms with van der Waals surface area (Å²) < 4.78 is 20.1. The number of anilines is 2. The lowest BCUT2D eigenvalue weighted by Gasteiger charge is -2.30. The van der Waals surface area contributed by atoms with Gasteiger partial charge in [-0.25, -0.2) is 19.3 Å². The highest BCUT2D eigenvalue weighted by atomic mass is 19.1. The molecule has 0 aliphatic carbocycles. The minimum Gasteiger partial charge on any atom is -0.378 e. The second-order valence-electron chi connectivity index (χ2n) is 8.32. The highest BCUT2D eigenvalue weighted by Gasteiger charge is 2.24. The Bertz CT molecular complexity index is 1110. The summed E-state index contributed by atoms with van der Waals surface area (Å²) in [6.45, 7) is 4.37. The molecule has 2 aromatic heterocycles. The number of hydrogen-bond acceptors (Lipinski definition) is 6. The van der Waals surface area contributed by atoms with Crippen LogP contribution in [0.15, 0.2) is 36.7 Å². The van der Waals surface area contributed by atoms with Crippen LogP contribution in [0.4, 0.5) is 16.0 Å². The number of aromatic nitrogens is 4. The molecule has 2 N–H and O–H groups in total. The Hall–Kier alpha value is -3.33. The molecule has 2 saturated heterocycles. The van der Waals surface area contributed by atoms with Crippen LogP contribution in [-0.4, -0.2) is 56.5 Å². The number of hydrogen-bond donors (Lipinski definition) is 2. The molecule has 2 fully saturated rings. The number of carbonyl (C=O) groups excluding carboxylic acids is 1. The van der Waals surface area contributed by atoms with Gasteiger partial charge in [0.15, 0.2) is 5.82 Å². The van der Waals surface area contributed by atoms with Crippen LogP contribution in [0, 0.1) is 5.82 Å². The molecule has 0 spiro atoms. The summed E-state index contributed by atoms with van der Waals surface area (Å²) in [4.78, 5) is 30.2. The lowest BCUT2D eigenvalue weighted by Crippen LogP contribution is -2.41. The maximum absolute atomic E-state index is 14.5. The number of nitrogens with one attached hydrogen (secondary N) is 2. The average Bonchev–Trinajstić information content (AvgIpc) is 3.24. The first kappa shape index (κ1) is 20.6. The van der Waals surface area contributed by atoms with Gasteiger partial charge in [-0.2, -0.15) is 0 Å². The van der Waals surface area contributed by atoms with Gasteiger partial charge in [0.1, 0.15) is 11.5 Å². The van der Waals surface area contributed by atoms with Gasteiger partial charge in [0.25, 0.3) is 5.91 Å². The minimum absolute atomic E-state index is 0.0390. The van der Waals surface area contributed by atoms with Crippen molar-refractivity contribution in [3.63, 3.8) is 0 Å². The zero-order valence-corrected chi connectivity index (χ0v) is 17.8. The van der Waals surface area contributed by atoms with Gasteiger partial charge in [-0.1, -0.05) is 0 Å². The van der Waals surface area contributed by atoms with Crippen LogP contribution in [0.3, 0.4) is 0 Å². The predicted octanol–water partition coefficient (Wildman–Crippen LogP) is 3.88. The van der Waals surface area contributed by atoms with Gasteiger partial charge in [0.05, 0.1) is 24.2 Å². The van der Waals surface area contributed by atoms with Crippen molar-refractivity contribution < 1.29 is 13.9 Å². The summed E-state index contributed by atoms with van der Waals surface area (Å²) >= 11 is 0. The maximum atomic E-state index is 14.5. The number of benzene rings is 1. The summed E-state index contributed by atoms with van der Waals surface area (Å²) in [7, 11) is 0. The number of ether oxygens (including phenoxy) is 1. The quantitative estimate of drug-likeness (QED) is 0.630. The van der Waals surface area contributed by atoms with Gasteiger partial charge >= 0.3 is 0 Å². The van der Waals surface area contributed by atoms with Crippen LogP contribution in [0.1, 0.15) is 48.3 Å². The van der Waals surface area contributed by atoms with Crippen molar-refractivity contribution in [3.8, 4) is 11.4 Å². The van der Waals surface area contributed by atoms with E-state index in [1.54, 1.807) is 30.5 Å². The van der Waals surface area contributed by atoms with E-state index in [0.29, 0.717) is 23.6 Å². The zero-order valence-electron chi connectivity index (χ0n) is 17.8. The number of nitrogens with zero attached hydrogens (tertiary/aromatic N) is 4. The van der Waals surface area contributed by atoms with Crippen LogP contribution in [0.2, 0.25) is 0 Å². The molecular formula is C23H25FN6O2. The van der Waals surface area contributed by atoms with Crippen molar-refractivity contribution in [2.24, 2.45) is 0 Å². The van der Waals surface area contributed by atoms with Crippen molar-refractivity contribution >= 4 is 17.5 Å². The van der Waals surface area contributed by atoms with Gasteiger partial charge in [-0.3, -0.25) is 4.79 Å². The Morgan fingerprint density at radius 2 is 2.03 bits per heavy atom. The number of halogens is 1. The van der Waals surface area contributed by atoms with E-state index < -0.39 is 5.82 Å². The lowest BCUT2D eigenvalue weighted by atomic mass is 9.96. The van der Waals surface area contributed by atoms with E-state index in [0.717, 1.165) is 44.4 Å². The average molecular weight is 436 g/mol. The lowest BCUT2D eigenvalue weighted by molar-refractivity contribution is 0.0174. The molecule has 2 unspecified atom stereocenters. The van der Waals surface area contributed by atoms with E-state index in [-0.39, 0.29) is 29.6 Å². The second-order valence-corrected chi connectivity index (χ2v) is 8.32. The third-order valence-electron chi connectivity index (χ3n) is 6.00. The van der Waals surface area contributed by atoms with E-state index >= 15 is 0 Å². The predicted molar refractivity (Wildman–Crippen MR) is 117 cm³/mol. The van der Waals surface area contributed by atoms with Gasteiger partial charge in [-0.05, 0) is 50.5 Å². The highest BCUT2D eigenvalue weighted by molar-refractivity contribution is 5.95. The summed E-state index contributed by atoms with van der Waals surface area (Å²) in [5.41, 5.74) is 2.02. The molecule has 3 aromatic rings. The van der Waals surface area contributed by atoms with Crippen molar-refractivity contribution in [1.82, 2.24) is 24.8 Å². The minimum atomic E-state index is -0.526. The molecule has 8 nitrogen and oxygen atoms in total. The topological polar surface area (TPSA) is 96.0 Å². The number of likely N-dealkylation sites (tertiary alicyclic amines) is 1. The van der Waals surface area contributed by atoms with E-state index in [1.165, 1.54) is 0 Å². The Morgan fingerprint density at radius 3 is 2.75 bits per heavy atom. The fraction of sp³-hybridized carbons (Fsp3) is 0.391. The molecule has 9 heteroatoms. The third kappa shape index (κ3) is 4.20. The first-order valence-electron chi connectivity index (χ1n) is 10.9. The van der Waals surface area contributed by atoms with Gasteiger partial charge in [-0.15, -0.1) is 0 Å². The fourth-order valence-corrected chi connectivity index (χ4v) is 4.05. The molecule has 0 bridgehead atoms. The molecule has 0 radical (unpaired) electrons. The second kappa shape index (κ2) is 8.66. The van der Waals surface area contributed by atoms with Gasteiger partial charge in [0, 0.05) is 36.9 Å². The summed E-state index contributed by atoms with van der Waals surface area (Å²) in [5.74, 6) is 0.857. The van der Waals surface area contributed by atoms with E-state index in [2.05, 4.69) is 25.3 Å². The molecule has 1 aromatic carbocycles. The number of rotatable bonds is 5. The monoisotopic (exact) mass is 436 g/mol. The Labute approximate surface area is 185 Å². The summed E-state index contributed by atoms with van der Waals surface area (Å²) in [6, 6.07) is 7.12. The molecule has 0 saturated carbocycles. The number of carbonyl (C=O) groups is 1. The van der Waals surface area contributed by atoms with Crippen LogP contribution < -0.4 is 5.32 Å². The molecular weight excluding hydrogens is 411 g/mol. The fourth-order valence-electron chi connectivity index (χ4n) is 4.05. The van der Waals surface area contributed by atoms with E-state index in [4.69, 9.17) is 4.74 Å². The molecule has 2 aliphatic rings. The van der Waals surface area contributed by atoms with Crippen molar-refractivity contribution in [3.05, 3.63) is 53.9 Å². The SMILES string of the molecule is CC1CC(c2ncc(-c3nc(Nc4ccc(C(=O)N5CCC5)cc4)ncc3F)[nH]2)CCO1. The number of aromatic amines is 1. The molecule has 2 atom stereocenters. The number of H-pyrrole nitrogens is 1. The molecule has 2 aliphatic heterocycles. The Morgan fingerprint density at radius 1 is 1.22 bits per heavy atom. The first-order valence-corrected chi connectivity index (χ1v) is 10.9. The number of amides is 1. The van der Waals surface area contributed by atoms with Crippen LogP contribution >= 0.6 is 0 Å². The van der Waals surface area contributed by atoms with Crippen molar-refractivity contribution in [1.29, 1.82) is 0 Å². The van der Waals surface area contributed by atoms with Crippen LogP contribution in [0.5, 0.6) is 0 Å². The maximum Gasteiger partial charge on any atom is 0.253 e. The summed E-state index contributed by atoms with van der Waals surface area (Å²) in [5, 5.41) is 3.08. The van der Waals surface area contributed by atoms with Crippen molar-refractivity contribution in [2.45, 2.75) is 38.2 Å². The molecule has 1 amide bonds. The normalized spacial score (nSPS) is 20.6. The van der Waals surface area contributed by atoms with Crippen LogP contribution in [0.25, 0.3) is 11.4 Å². The number of imidazole rings is 1. The largest absolute Gasteiger partial charge is 0.378 e. The van der Waals surface area contributed by atoms with Gasteiger partial charge in [0.2, 0.25) is 5.95 Å². The zero-order chi connectivity index (χ0) is 22.1. The molecule has 4 heterocycles. The first-order chi connectivity index (χ1) is 15.6. The Kier molecular flexibility index (Phi) is 5.57. The van der Waals surface area contributed by atoms with Crippen LogP contribution in [-0.2, 0) is 4.74 Å². The van der Waals surface area contributed by atoms with Gasteiger partial charge < -0.3 is 19.9 Å². The van der Waals surface area contributed by atoms with E-state index in [1.807, 2.05) is 11.8 Å². The standard InChI is InChI=1S/C23H25FN6O2/c1-14-11-16(7-10-32-14)21-25-13-19(28-21)20-18(24)12-26-23(29-20)27-17-5-3-15(4-6-17)22(31)30-8-2-9-30/h3-6,12-14,16H,2,7-11H2,1H3,(H,25,28)(H,26,27,29). The molecule has 166 valence electrons. The van der Waals surface area contributed by atoms with E-state index in [9.17, 15) is 9.18 Å². The highest BCUT2D eigenvalue weighted by Crippen LogP contribution is 2.30. The molecule has 32 heavy (non-hydrogen) atoms.